The lowest BCUT2D eigenvalue weighted by atomic mass is 9.47. The Hall–Kier alpha value is -0.520. The average Bonchev–Trinajstić information content (AvgIpc) is 2.39. The van der Waals surface area contributed by atoms with E-state index in [1.165, 1.54) is 44.1 Å². The van der Waals surface area contributed by atoms with Crippen LogP contribution in [0.25, 0.3) is 0 Å². The first-order valence-electron chi connectivity index (χ1n) is 8.69. The van der Waals surface area contributed by atoms with E-state index in [1.807, 2.05) is 0 Å². The molecule has 3 saturated carbocycles. The van der Waals surface area contributed by atoms with Crippen LogP contribution in [-0.4, -0.2) is 0 Å². The Morgan fingerprint density at radius 1 is 1.20 bits per heavy atom. The molecular weight excluding hydrogens is 240 g/mol. The third-order valence-electron chi connectivity index (χ3n) is 6.23. The summed E-state index contributed by atoms with van der Waals surface area (Å²) in [5, 5.41) is 0. The van der Waals surface area contributed by atoms with E-state index >= 15 is 0 Å². The number of allylic oxidation sites excluding steroid dienone is 3. The van der Waals surface area contributed by atoms with Crippen LogP contribution in [0.2, 0.25) is 0 Å². The monoisotopic (exact) mass is 274 g/mol. The lowest BCUT2D eigenvalue weighted by Crippen LogP contribution is -2.48. The molecule has 4 rings (SSSR count). The molecule has 3 unspecified atom stereocenters. The highest BCUT2D eigenvalue weighted by molar-refractivity contribution is 5.18. The zero-order valence-corrected chi connectivity index (χ0v) is 14.3. The van der Waals surface area contributed by atoms with Crippen LogP contribution >= 0.6 is 0 Å². The van der Waals surface area contributed by atoms with E-state index in [4.69, 9.17) is 0 Å². The van der Waals surface area contributed by atoms with E-state index < -0.39 is 0 Å². The van der Waals surface area contributed by atoms with Crippen molar-refractivity contribution in [3.63, 3.8) is 0 Å². The summed E-state index contributed by atoms with van der Waals surface area (Å²) in [5.41, 5.74) is 3.81. The van der Waals surface area contributed by atoms with Gasteiger partial charge in [0.2, 0.25) is 0 Å². The zero-order chi connectivity index (χ0) is 14.9. The van der Waals surface area contributed by atoms with E-state index in [-0.39, 0.29) is 0 Å². The molecule has 0 nitrogen and oxygen atoms in total. The Balaban J connectivity index is 0.000000147. The molecule has 2 bridgehead atoms. The Kier molecular flexibility index (Phi) is 4.82. The summed E-state index contributed by atoms with van der Waals surface area (Å²) in [5.74, 6) is 3.60. The molecule has 20 heavy (non-hydrogen) atoms. The predicted octanol–water partition coefficient (Wildman–Crippen LogP) is 6.39. The van der Waals surface area contributed by atoms with Crippen LogP contribution in [-0.2, 0) is 0 Å². The maximum atomic E-state index is 4.13. The highest BCUT2D eigenvalue weighted by Gasteiger charge is 2.51. The maximum Gasteiger partial charge on any atom is -0.0149 e. The second-order valence-corrected chi connectivity index (χ2v) is 8.32. The van der Waals surface area contributed by atoms with Gasteiger partial charge >= 0.3 is 0 Å². The first kappa shape index (κ1) is 15.9. The number of hydrogen-bond donors (Lipinski definition) is 0. The molecule has 0 amide bonds. The molecule has 0 aliphatic heterocycles. The van der Waals surface area contributed by atoms with Gasteiger partial charge in [-0.05, 0) is 67.6 Å². The molecule has 3 atom stereocenters. The molecule has 3 fully saturated rings. The largest absolute Gasteiger partial charge is 0.0996 e. The number of fused-ring (bicyclic) bond motifs is 2. The van der Waals surface area contributed by atoms with Gasteiger partial charge in [0, 0.05) is 0 Å². The standard InChI is InChI=1S/C10H16.C10H18/c1-7-4-5-8-6-9(7)10(8,2)3;1-8(2)10-6-4-9(3)5-7-10/h8-9H,1,4-6H2,2-3H3;6,8-9H,4-5,7H2,1-3H3. The van der Waals surface area contributed by atoms with Crippen LogP contribution in [0.15, 0.2) is 23.8 Å². The minimum Gasteiger partial charge on any atom is -0.0996 e. The predicted molar refractivity (Wildman–Crippen MR) is 89.7 cm³/mol. The Bertz CT molecular complexity index is 381. The average molecular weight is 274 g/mol. The Morgan fingerprint density at radius 3 is 2.25 bits per heavy atom. The molecule has 0 radical (unpaired) electrons. The molecular formula is C20H34. The molecule has 0 aromatic heterocycles. The summed E-state index contributed by atoms with van der Waals surface area (Å²) in [6, 6.07) is 0. The van der Waals surface area contributed by atoms with Crippen molar-refractivity contribution >= 4 is 0 Å². The lowest BCUT2D eigenvalue weighted by Gasteiger charge is -2.57. The second kappa shape index (κ2) is 6.08. The minimum atomic E-state index is 0.606. The summed E-state index contributed by atoms with van der Waals surface area (Å²) in [4.78, 5) is 0. The van der Waals surface area contributed by atoms with E-state index in [9.17, 15) is 0 Å². The van der Waals surface area contributed by atoms with Gasteiger partial charge in [0.25, 0.3) is 0 Å². The normalized spacial score (nSPS) is 34.8. The van der Waals surface area contributed by atoms with Crippen LogP contribution in [0, 0.1) is 29.1 Å². The van der Waals surface area contributed by atoms with Crippen LogP contribution in [0.1, 0.15) is 73.1 Å². The van der Waals surface area contributed by atoms with Crippen LogP contribution < -0.4 is 0 Å². The second-order valence-electron chi connectivity index (χ2n) is 8.32. The SMILES string of the molecule is C=C1CCC2CC1C2(C)C.CC1CC=C(C(C)C)CC1. The van der Waals surface area contributed by atoms with Gasteiger partial charge in [-0.15, -0.1) is 0 Å². The third kappa shape index (κ3) is 3.21. The van der Waals surface area contributed by atoms with Gasteiger partial charge in [-0.25, -0.2) is 0 Å². The fraction of sp³-hybridized carbons (Fsp3) is 0.800. The summed E-state index contributed by atoms with van der Waals surface area (Å²) >= 11 is 0. The maximum absolute atomic E-state index is 4.13. The fourth-order valence-corrected chi connectivity index (χ4v) is 4.24. The van der Waals surface area contributed by atoms with Crippen LogP contribution in [0.4, 0.5) is 0 Å². The van der Waals surface area contributed by atoms with Crippen molar-refractivity contribution in [2.75, 3.05) is 0 Å². The van der Waals surface area contributed by atoms with Crippen molar-refractivity contribution in [1.29, 1.82) is 0 Å². The van der Waals surface area contributed by atoms with E-state index in [2.05, 4.69) is 47.3 Å². The lowest BCUT2D eigenvalue weighted by molar-refractivity contribution is -0.0273. The fourth-order valence-electron chi connectivity index (χ4n) is 4.24. The quantitative estimate of drug-likeness (QED) is 0.486. The van der Waals surface area contributed by atoms with Gasteiger partial charge < -0.3 is 0 Å². The molecule has 0 aromatic carbocycles. The first-order valence-corrected chi connectivity index (χ1v) is 8.69. The highest BCUT2D eigenvalue weighted by atomic mass is 14.6. The van der Waals surface area contributed by atoms with Gasteiger partial charge in [0.05, 0.1) is 0 Å². The van der Waals surface area contributed by atoms with Gasteiger partial charge in [-0.2, -0.15) is 0 Å². The number of hydrogen-bond acceptors (Lipinski definition) is 0. The van der Waals surface area contributed by atoms with Crippen LogP contribution in [0.5, 0.6) is 0 Å². The third-order valence-corrected chi connectivity index (χ3v) is 6.23. The van der Waals surface area contributed by atoms with E-state index in [0.717, 1.165) is 23.7 Å². The minimum absolute atomic E-state index is 0.606. The molecule has 0 heteroatoms. The molecule has 0 N–H and O–H groups in total. The van der Waals surface area contributed by atoms with Crippen molar-refractivity contribution < 1.29 is 0 Å². The van der Waals surface area contributed by atoms with Crippen LogP contribution in [0.3, 0.4) is 0 Å². The highest BCUT2D eigenvalue weighted by Crippen LogP contribution is 2.60. The molecule has 4 aliphatic rings. The van der Waals surface area contributed by atoms with Crippen molar-refractivity contribution in [2.24, 2.45) is 29.1 Å². The molecule has 0 saturated heterocycles. The van der Waals surface area contributed by atoms with Gasteiger partial charge in [-0.1, -0.05) is 58.4 Å². The van der Waals surface area contributed by atoms with Gasteiger partial charge in [0.1, 0.15) is 0 Å². The smallest absolute Gasteiger partial charge is 0.0149 e. The van der Waals surface area contributed by atoms with Gasteiger partial charge in [0.15, 0.2) is 0 Å². The summed E-state index contributed by atoms with van der Waals surface area (Å²) in [6.45, 7) is 15.9. The molecule has 4 aliphatic carbocycles. The molecule has 114 valence electrons. The number of rotatable bonds is 1. The van der Waals surface area contributed by atoms with Crippen molar-refractivity contribution in [1.82, 2.24) is 0 Å². The first-order chi connectivity index (χ1) is 9.32. The Labute approximate surface area is 126 Å². The topological polar surface area (TPSA) is 0 Å². The molecule has 0 heterocycles. The summed E-state index contributed by atoms with van der Waals surface area (Å²) in [6.07, 6.45) is 10.7. The van der Waals surface area contributed by atoms with E-state index in [1.54, 1.807) is 5.57 Å². The van der Waals surface area contributed by atoms with Crippen molar-refractivity contribution in [3.8, 4) is 0 Å². The molecule has 0 spiro atoms. The molecule has 0 aromatic rings. The zero-order valence-electron chi connectivity index (χ0n) is 14.3. The Morgan fingerprint density at radius 2 is 1.90 bits per heavy atom. The summed E-state index contributed by atoms with van der Waals surface area (Å²) in [7, 11) is 0. The van der Waals surface area contributed by atoms with Crippen molar-refractivity contribution in [3.05, 3.63) is 23.8 Å². The van der Waals surface area contributed by atoms with E-state index in [0.29, 0.717) is 5.41 Å². The van der Waals surface area contributed by atoms with Crippen molar-refractivity contribution in [2.45, 2.75) is 73.1 Å². The summed E-state index contributed by atoms with van der Waals surface area (Å²) < 4.78 is 0. The van der Waals surface area contributed by atoms with Gasteiger partial charge in [-0.3, -0.25) is 0 Å².